The minimum atomic E-state index is -0.595. The lowest BCUT2D eigenvalue weighted by Crippen LogP contribution is -2.53. The lowest BCUT2D eigenvalue weighted by Gasteiger charge is -2.27. The Morgan fingerprint density at radius 3 is 2.84 bits per heavy atom. The molecule has 0 saturated heterocycles. The Kier molecular flexibility index (Phi) is 6.45. The number of primary amides is 1. The maximum atomic E-state index is 11.5. The quantitative estimate of drug-likeness (QED) is 0.540. The van der Waals surface area contributed by atoms with Crippen LogP contribution < -0.4 is 11.1 Å². The van der Waals surface area contributed by atoms with Crippen LogP contribution in [0.2, 0.25) is 0 Å². The van der Waals surface area contributed by atoms with Crippen LogP contribution in [-0.4, -0.2) is 23.7 Å². The van der Waals surface area contributed by atoms with Crippen LogP contribution in [0.3, 0.4) is 0 Å². The largest absolute Gasteiger partial charge is 0.468 e. The minimum absolute atomic E-state index is 0.273. The van der Waals surface area contributed by atoms with Crippen LogP contribution in [0, 0.1) is 6.92 Å². The molecule has 0 aliphatic carbocycles. The van der Waals surface area contributed by atoms with E-state index in [0.717, 1.165) is 37.3 Å². The molecule has 5 heteroatoms. The molecule has 0 radical (unpaired) electrons. The fourth-order valence-corrected chi connectivity index (χ4v) is 2.74. The zero-order chi connectivity index (χ0) is 14.3. The molecule has 0 saturated carbocycles. The van der Waals surface area contributed by atoms with E-state index in [1.165, 1.54) is 4.90 Å². The minimum Gasteiger partial charge on any atom is -0.468 e. The van der Waals surface area contributed by atoms with E-state index < -0.39 is 5.54 Å². The van der Waals surface area contributed by atoms with Crippen LogP contribution >= 0.6 is 11.8 Å². The Balaban J connectivity index is 2.36. The number of carbonyl (C=O) groups is 1. The number of amides is 1. The number of nitrogens with two attached hydrogens (primary N) is 1. The van der Waals surface area contributed by atoms with Gasteiger partial charge in [0.15, 0.2) is 0 Å². The van der Waals surface area contributed by atoms with Gasteiger partial charge in [0.25, 0.3) is 0 Å². The molecule has 0 aliphatic rings. The summed E-state index contributed by atoms with van der Waals surface area (Å²) < 4.78 is 5.25. The van der Waals surface area contributed by atoms with Crippen molar-refractivity contribution in [1.82, 2.24) is 5.32 Å². The Morgan fingerprint density at radius 1 is 1.58 bits per heavy atom. The predicted octanol–water partition coefficient (Wildman–Crippen LogP) is 2.70. The number of rotatable bonds is 9. The van der Waals surface area contributed by atoms with Crippen molar-refractivity contribution in [3.05, 3.63) is 18.1 Å². The molecular weight excluding hydrogens is 260 g/mol. The maximum Gasteiger partial charge on any atom is 0.237 e. The van der Waals surface area contributed by atoms with Crippen LogP contribution in [0.15, 0.2) is 21.6 Å². The van der Waals surface area contributed by atoms with E-state index in [0.29, 0.717) is 0 Å². The first-order valence-electron chi connectivity index (χ1n) is 6.71. The van der Waals surface area contributed by atoms with Gasteiger partial charge in [0, 0.05) is 4.90 Å². The second kappa shape index (κ2) is 7.60. The number of hydrogen-bond donors (Lipinski definition) is 2. The van der Waals surface area contributed by atoms with Crippen molar-refractivity contribution in [2.45, 2.75) is 50.5 Å². The van der Waals surface area contributed by atoms with Gasteiger partial charge in [-0.1, -0.05) is 6.92 Å². The monoisotopic (exact) mass is 284 g/mol. The van der Waals surface area contributed by atoms with Crippen molar-refractivity contribution >= 4 is 17.7 Å². The number of thioether (sulfide) groups is 1. The molecule has 1 amide bonds. The first-order valence-corrected chi connectivity index (χ1v) is 7.70. The number of furan rings is 1. The van der Waals surface area contributed by atoms with E-state index >= 15 is 0 Å². The second-order valence-electron chi connectivity index (χ2n) is 4.92. The molecule has 0 fully saturated rings. The van der Waals surface area contributed by atoms with Gasteiger partial charge in [-0.05, 0) is 51.5 Å². The van der Waals surface area contributed by atoms with Gasteiger partial charge < -0.3 is 15.5 Å². The zero-order valence-electron chi connectivity index (χ0n) is 12.0. The summed E-state index contributed by atoms with van der Waals surface area (Å²) in [5, 5.41) is 3.25. The van der Waals surface area contributed by atoms with Crippen molar-refractivity contribution in [2.75, 3.05) is 12.3 Å². The van der Waals surface area contributed by atoms with Crippen LogP contribution in [0.25, 0.3) is 0 Å². The van der Waals surface area contributed by atoms with Crippen molar-refractivity contribution < 1.29 is 9.21 Å². The average Bonchev–Trinajstić information content (AvgIpc) is 2.78. The molecule has 1 rings (SSSR count). The summed E-state index contributed by atoms with van der Waals surface area (Å²) in [6.07, 6.45) is 4.39. The molecule has 1 aromatic heterocycles. The van der Waals surface area contributed by atoms with Crippen LogP contribution in [-0.2, 0) is 4.79 Å². The van der Waals surface area contributed by atoms with Crippen LogP contribution in [0.4, 0.5) is 0 Å². The van der Waals surface area contributed by atoms with Gasteiger partial charge in [-0.2, -0.15) is 0 Å². The molecular formula is C14H24N2O2S. The van der Waals surface area contributed by atoms with E-state index in [1.54, 1.807) is 18.0 Å². The van der Waals surface area contributed by atoms with Gasteiger partial charge in [-0.25, -0.2) is 0 Å². The molecule has 0 spiro atoms. The summed E-state index contributed by atoms with van der Waals surface area (Å²) in [4.78, 5) is 12.7. The van der Waals surface area contributed by atoms with Gasteiger partial charge in [-0.3, -0.25) is 4.79 Å². The summed E-state index contributed by atoms with van der Waals surface area (Å²) in [6, 6.07) is 1.97. The fourth-order valence-electron chi connectivity index (χ4n) is 1.83. The standard InChI is InChI=1S/C14H24N2O2S/c1-4-8-16-14(3,13(15)17)7-5-10-19-12-6-9-18-11(12)2/h6,9,16H,4-5,7-8,10H2,1-3H3,(H2,15,17). The van der Waals surface area contributed by atoms with Crippen molar-refractivity contribution in [3.8, 4) is 0 Å². The molecule has 19 heavy (non-hydrogen) atoms. The topological polar surface area (TPSA) is 68.3 Å². The zero-order valence-corrected chi connectivity index (χ0v) is 12.8. The SMILES string of the molecule is CCCNC(C)(CCCSc1ccoc1C)C(N)=O. The van der Waals surface area contributed by atoms with Gasteiger partial charge in [0.05, 0.1) is 11.8 Å². The number of hydrogen-bond acceptors (Lipinski definition) is 4. The molecule has 1 heterocycles. The van der Waals surface area contributed by atoms with Gasteiger partial charge in [-0.15, -0.1) is 11.8 Å². The summed E-state index contributed by atoms with van der Waals surface area (Å²) in [5.41, 5.74) is 4.89. The molecule has 0 bridgehead atoms. The molecule has 1 atom stereocenters. The van der Waals surface area contributed by atoms with Crippen LogP contribution in [0.1, 0.15) is 38.9 Å². The van der Waals surface area contributed by atoms with E-state index in [-0.39, 0.29) is 5.91 Å². The molecule has 108 valence electrons. The molecule has 0 aromatic carbocycles. The summed E-state index contributed by atoms with van der Waals surface area (Å²) in [7, 11) is 0. The molecule has 3 N–H and O–H groups in total. The van der Waals surface area contributed by atoms with E-state index in [1.807, 2.05) is 19.9 Å². The fraction of sp³-hybridized carbons (Fsp3) is 0.643. The Morgan fingerprint density at radius 2 is 2.32 bits per heavy atom. The third kappa shape index (κ3) is 4.91. The van der Waals surface area contributed by atoms with Gasteiger partial charge >= 0.3 is 0 Å². The van der Waals surface area contributed by atoms with Crippen LogP contribution in [0.5, 0.6) is 0 Å². The molecule has 0 aliphatic heterocycles. The first-order chi connectivity index (χ1) is 8.99. The Bertz CT molecular complexity index is 406. The summed E-state index contributed by atoms with van der Waals surface area (Å²) >= 11 is 1.76. The van der Waals surface area contributed by atoms with Crippen molar-refractivity contribution in [3.63, 3.8) is 0 Å². The second-order valence-corrected chi connectivity index (χ2v) is 6.05. The van der Waals surface area contributed by atoms with Gasteiger partial charge in [0.1, 0.15) is 5.76 Å². The Labute approximate surface area is 119 Å². The summed E-state index contributed by atoms with van der Waals surface area (Å²) in [6.45, 7) is 6.73. The molecule has 1 unspecified atom stereocenters. The smallest absolute Gasteiger partial charge is 0.237 e. The van der Waals surface area contributed by atoms with Crippen molar-refractivity contribution in [2.24, 2.45) is 5.73 Å². The highest BCUT2D eigenvalue weighted by Crippen LogP contribution is 2.25. The number of carbonyl (C=O) groups excluding carboxylic acids is 1. The number of nitrogens with one attached hydrogen (secondary N) is 1. The third-order valence-electron chi connectivity index (χ3n) is 3.20. The highest BCUT2D eigenvalue weighted by molar-refractivity contribution is 7.99. The summed E-state index contributed by atoms with van der Waals surface area (Å²) in [5.74, 6) is 1.63. The van der Waals surface area contributed by atoms with E-state index in [2.05, 4.69) is 12.2 Å². The lowest BCUT2D eigenvalue weighted by molar-refractivity contribution is -0.124. The van der Waals surface area contributed by atoms with E-state index in [4.69, 9.17) is 10.2 Å². The highest BCUT2D eigenvalue weighted by atomic mass is 32.2. The lowest BCUT2D eigenvalue weighted by atomic mass is 9.95. The Hall–Kier alpha value is -0.940. The molecule has 4 nitrogen and oxygen atoms in total. The molecule has 1 aromatic rings. The average molecular weight is 284 g/mol. The normalized spacial score (nSPS) is 14.3. The third-order valence-corrected chi connectivity index (χ3v) is 4.43. The van der Waals surface area contributed by atoms with Crippen molar-refractivity contribution in [1.29, 1.82) is 0 Å². The van der Waals surface area contributed by atoms with Gasteiger partial charge in [0.2, 0.25) is 5.91 Å². The predicted molar refractivity (Wildman–Crippen MR) is 79.3 cm³/mol. The van der Waals surface area contributed by atoms with E-state index in [9.17, 15) is 4.79 Å². The number of aryl methyl sites for hydroxylation is 1. The highest BCUT2D eigenvalue weighted by Gasteiger charge is 2.29. The first kappa shape index (κ1) is 16.1. The maximum absolute atomic E-state index is 11.5.